The molecular formula is C6H5N4O7+. The number of hydrogen-bond donors (Lipinski definition) is 3. The molecule has 1 aromatic rings. The van der Waals surface area contributed by atoms with Crippen molar-refractivity contribution in [2.24, 2.45) is 0 Å². The largest absolute Gasteiger partial charge is 0.417 e. The number of aromatic nitrogens is 2. The van der Waals surface area contributed by atoms with Crippen molar-refractivity contribution in [3.05, 3.63) is 43.4 Å². The van der Waals surface area contributed by atoms with E-state index in [1.807, 2.05) is 5.16 Å². The van der Waals surface area contributed by atoms with Gasteiger partial charge in [-0.3, -0.25) is 15.3 Å². The van der Waals surface area contributed by atoms with E-state index in [9.17, 15) is 25.3 Å². The Bertz CT molecular complexity index is 604. The minimum Gasteiger partial charge on any atom is -0.417 e. The molecule has 90 valence electrons. The number of aliphatic hydroxyl groups excluding tert-OH is 1. The second kappa shape index (κ2) is 3.41. The average Bonchev–Trinajstić information content (AvgIpc) is 2.61. The van der Waals surface area contributed by atoms with E-state index in [4.69, 9.17) is 5.21 Å². The van der Waals surface area contributed by atoms with Gasteiger partial charge in [-0.15, -0.1) is 0 Å². The Hall–Kier alpha value is -2.69. The Morgan fingerprint density at radius 2 is 2.18 bits per heavy atom. The number of nitrogens with zero attached hydrogens (tertiary/aromatic N) is 3. The van der Waals surface area contributed by atoms with E-state index in [0.29, 0.717) is 6.08 Å². The maximum absolute atomic E-state index is 11.1. The lowest BCUT2D eigenvalue weighted by atomic mass is 10.0. The summed E-state index contributed by atoms with van der Waals surface area (Å²) in [6, 6.07) is 0. The molecule has 1 aliphatic carbocycles. The lowest BCUT2D eigenvalue weighted by molar-refractivity contribution is -0.726. The summed E-state index contributed by atoms with van der Waals surface area (Å²) in [6.07, 6.45) is -1.23. The van der Waals surface area contributed by atoms with Crippen LogP contribution in [0.4, 0.5) is 0 Å². The van der Waals surface area contributed by atoms with Crippen LogP contribution in [0, 0.1) is 20.2 Å². The monoisotopic (exact) mass is 245 g/mol. The summed E-state index contributed by atoms with van der Waals surface area (Å²) in [5, 5.41) is 41.6. The minimum absolute atomic E-state index is 0.222. The minimum atomic E-state index is -1.86. The quantitative estimate of drug-likeness (QED) is 0.232. The highest BCUT2D eigenvalue weighted by atomic mass is 16.8. The van der Waals surface area contributed by atoms with Crippen LogP contribution in [-0.2, 0) is 0 Å². The Kier molecular flexibility index (Phi) is 2.17. The molecule has 0 radical (unpaired) electrons. The van der Waals surface area contributed by atoms with Crippen molar-refractivity contribution in [1.29, 1.82) is 0 Å². The molecule has 11 nitrogen and oxygen atoms in total. The number of nitro groups is 1. The molecule has 0 bridgehead atoms. The molecule has 0 saturated carbocycles. The maximum Gasteiger partial charge on any atom is 0.328 e. The van der Waals surface area contributed by atoms with Gasteiger partial charge in [-0.05, 0) is 4.91 Å². The third-order valence-corrected chi connectivity index (χ3v) is 2.18. The van der Waals surface area contributed by atoms with E-state index in [2.05, 4.69) is 4.63 Å². The van der Waals surface area contributed by atoms with Gasteiger partial charge in [-0.25, -0.2) is 0 Å². The zero-order chi connectivity index (χ0) is 12.7. The maximum atomic E-state index is 11.1. The fourth-order valence-corrected chi connectivity index (χ4v) is 1.43. The first-order valence-electron chi connectivity index (χ1n) is 4.15. The summed E-state index contributed by atoms with van der Waals surface area (Å²) >= 11 is 0. The topological polar surface area (TPSA) is 162 Å². The fraction of sp³-hybridized carbons (Fsp3) is 0.167. The van der Waals surface area contributed by atoms with E-state index in [1.54, 1.807) is 0 Å². The van der Waals surface area contributed by atoms with Crippen LogP contribution in [0.15, 0.2) is 16.4 Å². The summed E-state index contributed by atoms with van der Waals surface area (Å²) in [5.74, 6) is 0. The molecular weight excluding hydrogens is 240 g/mol. The third kappa shape index (κ3) is 1.45. The first-order valence-corrected chi connectivity index (χ1v) is 4.15. The van der Waals surface area contributed by atoms with Crippen molar-refractivity contribution in [3.63, 3.8) is 0 Å². The second-order valence-corrected chi connectivity index (χ2v) is 3.10. The molecule has 1 atom stereocenters. The van der Waals surface area contributed by atoms with Gasteiger partial charge in [0.05, 0.1) is 11.0 Å². The van der Waals surface area contributed by atoms with Crippen LogP contribution in [-0.4, -0.2) is 31.0 Å². The van der Waals surface area contributed by atoms with Crippen LogP contribution in [0.5, 0.6) is 0 Å². The van der Waals surface area contributed by atoms with Crippen molar-refractivity contribution < 1.29 is 29.4 Å². The van der Waals surface area contributed by atoms with Crippen LogP contribution in [0.1, 0.15) is 17.5 Å². The van der Waals surface area contributed by atoms with Crippen LogP contribution in [0.25, 0.3) is 0 Å². The molecule has 2 rings (SSSR count). The molecule has 1 heterocycles. The molecule has 0 aromatic carbocycles. The Morgan fingerprint density at radius 1 is 1.53 bits per heavy atom. The highest BCUT2D eigenvalue weighted by Gasteiger charge is 2.46. The van der Waals surface area contributed by atoms with Crippen molar-refractivity contribution >= 4 is 5.71 Å². The van der Waals surface area contributed by atoms with Crippen molar-refractivity contribution in [2.45, 2.75) is 6.10 Å². The third-order valence-electron chi connectivity index (χ3n) is 2.18. The SMILES string of the molecule is O=[N+]([O-])C1=C/C(=[N+](/[O-])O)c2[nH]o[n+](=O)c2C1O. The number of fused-ring (bicyclic) bond motifs is 1. The van der Waals surface area contributed by atoms with E-state index in [0.717, 1.165) is 0 Å². The number of aliphatic hydroxyl groups is 1. The lowest BCUT2D eigenvalue weighted by Gasteiger charge is -2.05. The summed E-state index contributed by atoms with van der Waals surface area (Å²) < 4.78 is 4.00. The molecule has 3 N–H and O–H groups in total. The predicted molar refractivity (Wildman–Crippen MR) is 46.0 cm³/mol. The summed E-state index contributed by atoms with van der Waals surface area (Å²) in [7, 11) is 0. The fourth-order valence-electron chi connectivity index (χ4n) is 1.43. The van der Waals surface area contributed by atoms with E-state index >= 15 is 0 Å². The second-order valence-electron chi connectivity index (χ2n) is 3.10. The molecule has 11 heteroatoms. The number of H-pyrrole nitrogens is 1. The summed E-state index contributed by atoms with van der Waals surface area (Å²) in [5.41, 5.74) is -2.36. The molecule has 0 saturated heterocycles. The number of allylic oxidation sites excluding steroid dienone is 1. The summed E-state index contributed by atoms with van der Waals surface area (Å²) in [6.45, 7) is 0. The highest BCUT2D eigenvalue weighted by Crippen LogP contribution is 2.26. The zero-order valence-corrected chi connectivity index (χ0v) is 7.93. The molecule has 1 aliphatic rings. The van der Waals surface area contributed by atoms with Gasteiger partial charge < -0.3 is 10.3 Å². The number of hydrogen-bond acceptors (Lipinski definition) is 7. The highest BCUT2D eigenvalue weighted by molar-refractivity contribution is 6.05. The number of aromatic amines is 1. The van der Waals surface area contributed by atoms with Gasteiger partial charge in [0.2, 0.25) is 6.10 Å². The first kappa shape index (κ1) is 10.8. The standard InChI is InChI=1S/C6H5N4O7/c11-6-3(9(14)15)1-2(8(12)13)4-5(6)10(16)17-7-4/h1,6-7,11H,(H,12,13)/q+1. The molecule has 0 fully saturated rings. The van der Waals surface area contributed by atoms with Gasteiger partial charge in [-0.2, -0.15) is 0 Å². The van der Waals surface area contributed by atoms with Crippen molar-refractivity contribution in [3.8, 4) is 0 Å². The molecule has 0 spiro atoms. The zero-order valence-electron chi connectivity index (χ0n) is 7.93. The van der Waals surface area contributed by atoms with Gasteiger partial charge in [0.15, 0.2) is 4.60 Å². The average molecular weight is 245 g/mol. The van der Waals surface area contributed by atoms with Crippen LogP contribution < -0.4 is 4.60 Å². The van der Waals surface area contributed by atoms with E-state index in [-0.39, 0.29) is 10.3 Å². The van der Waals surface area contributed by atoms with Gasteiger partial charge >= 0.3 is 5.71 Å². The molecule has 1 unspecified atom stereocenters. The predicted octanol–water partition coefficient (Wildman–Crippen LogP) is -1.58. The van der Waals surface area contributed by atoms with Crippen LogP contribution in [0.2, 0.25) is 0 Å². The normalized spacial score (nSPS) is 21.7. The van der Waals surface area contributed by atoms with Crippen molar-refractivity contribution in [1.82, 2.24) is 5.16 Å². The van der Waals surface area contributed by atoms with Crippen LogP contribution in [0.3, 0.4) is 0 Å². The van der Waals surface area contributed by atoms with Crippen molar-refractivity contribution in [2.75, 3.05) is 0 Å². The smallest absolute Gasteiger partial charge is 0.328 e. The number of nitrogens with one attached hydrogen (secondary N) is 1. The van der Waals surface area contributed by atoms with Crippen LogP contribution >= 0.6 is 0 Å². The molecule has 0 aliphatic heterocycles. The molecule has 0 amide bonds. The van der Waals surface area contributed by atoms with E-state index < -0.39 is 33.0 Å². The molecule has 1 aromatic heterocycles. The van der Waals surface area contributed by atoms with E-state index in [1.165, 1.54) is 0 Å². The Morgan fingerprint density at radius 3 is 2.71 bits per heavy atom. The van der Waals surface area contributed by atoms with Gasteiger partial charge in [0, 0.05) is 4.90 Å². The summed E-state index contributed by atoms with van der Waals surface area (Å²) in [4.78, 5) is 20.0. The lowest BCUT2D eigenvalue weighted by Crippen LogP contribution is -2.30. The van der Waals surface area contributed by atoms with Gasteiger partial charge in [0.1, 0.15) is 0 Å². The van der Waals surface area contributed by atoms with Gasteiger partial charge in [-0.1, -0.05) is 9.79 Å². The Labute approximate surface area is 90.7 Å². The Balaban J connectivity index is 2.76. The van der Waals surface area contributed by atoms with Gasteiger partial charge in [0.25, 0.3) is 17.1 Å². The first-order chi connectivity index (χ1) is 7.93. The molecule has 17 heavy (non-hydrogen) atoms. The number of rotatable bonds is 1.